The zero-order valence-electron chi connectivity index (χ0n) is 25.8. The van der Waals surface area contributed by atoms with Gasteiger partial charge in [0, 0.05) is 35.4 Å². The molecule has 230 valence electrons. The minimum Gasteiger partial charge on any atom is -0.497 e. The summed E-state index contributed by atoms with van der Waals surface area (Å²) in [6, 6.07) is 15.7. The fourth-order valence-electron chi connectivity index (χ4n) is 6.12. The molecule has 2 aliphatic rings. The number of rotatable bonds is 10. The number of fused-ring (bicyclic) bond motifs is 1. The van der Waals surface area contributed by atoms with Crippen molar-refractivity contribution in [2.45, 2.75) is 57.3 Å². The van der Waals surface area contributed by atoms with Crippen LogP contribution in [-0.4, -0.2) is 78.1 Å². The summed E-state index contributed by atoms with van der Waals surface area (Å²) in [7, 11) is 3.31. The quantitative estimate of drug-likeness (QED) is 0.240. The zero-order chi connectivity index (χ0) is 31.8. The van der Waals surface area contributed by atoms with Gasteiger partial charge in [-0.05, 0) is 24.0 Å². The third-order valence-electron chi connectivity index (χ3n) is 8.62. The van der Waals surface area contributed by atoms with Crippen LogP contribution in [0, 0.1) is 11.3 Å². The maximum absolute atomic E-state index is 14.0. The van der Waals surface area contributed by atoms with E-state index in [2.05, 4.69) is 17.1 Å². The van der Waals surface area contributed by atoms with Gasteiger partial charge in [-0.15, -0.1) is 6.58 Å². The number of hydrogen-bond acceptors (Lipinski definition) is 7. The van der Waals surface area contributed by atoms with Crippen molar-refractivity contribution in [3.63, 3.8) is 0 Å². The number of ether oxygens (including phenoxy) is 2. The molecule has 5 atom stereocenters. The van der Waals surface area contributed by atoms with E-state index in [1.807, 2.05) is 75.4 Å². The molecule has 2 amide bonds. The minimum atomic E-state index is -1.41. The van der Waals surface area contributed by atoms with E-state index in [4.69, 9.17) is 14.5 Å². The van der Waals surface area contributed by atoms with Gasteiger partial charge in [0.25, 0.3) is 0 Å². The fraction of sp³-hybridized carbons (Fsp3) is 0.394. The third kappa shape index (κ3) is 5.88. The van der Waals surface area contributed by atoms with Crippen molar-refractivity contribution < 1.29 is 29.0 Å². The van der Waals surface area contributed by atoms with E-state index < -0.39 is 41.0 Å². The Morgan fingerprint density at radius 2 is 1.91 bits per heavy atom. The predicted octanol–water partition coefficient (Wildman–Crippen LogP) is 2.96. The molecule has 2 fully saturated rings. The summed E-state index contributed by atoms with van der Waals surface area (Å²) in [5.41, 5.74) is 0.436. The second-order valence-electron chi connectivity index (χ2n) is 12.6. The Hall–Kier alpha value is -4.38. The minimum absolute atomic E-state index is 0.150. The first kappa shape index (κ1) is 31.1. The Balaban J connectivity index is 1.50. The first-order valence-corrected chi connectivity index (χ1v) is 14.8. The lowest BCUT2D eigenvalue weighted by molar-refractivity contribution is -0.146. The van der Waals surface area contributed by atoms with Crippen LogP contribution in [0.3, 0.4) is 0 Å². The van der Waals surface area contributed by atoms with Crippen molar-refractivity contribution in [1.29, 1.82) is 0 Å². The number of nitrogens with one attached hydrogen (secondary N) is 2. The van der Waals surface area contributed by atoms with Gasteiger partial charge in [0.2, 0.25) is 11.8 Å². The number of carboxylic acids is 1. The number of carbonyl (C=O) groups is 3. The number of aliphatic carboxylic acids is 1. The van der Waals surface area contributed by atoms with Gasteiger partial charge in [-0.1, -0.05) is 57.2 Å². The standard InChI is InChI=1S/C33H39BN4O6/c1-6-20-17-33(20,31(41)42)36-29(39)26-15-22(18-38(26)30(40)28(37-34)32(2,3)4)44-27-16-24(19-10-8-7-9-11-19)35-25-14-21(43-5)12-13-23(25)27/h6-14,16,20,22,26,28,37H,1,15,17-18,34H2,2-5H3,(H,36,39)(H,41,42)/t20?,22-,26+,28-,33-/m1/s1. The average Bonchev–Trinajstić information content (AvgIpc) is 3.56. The lowest BCUT2D eigenvalue weighted by atomic mass is 9.84. The molecule has 1 unspecified atom stereocenters. The van der Waals surface area contributed by atoms with Gasteiger partial charge in [-0.3, -0.25) is 9.59 Å². The first-order valence-electron chi connectivity index (χ1n) is 14.8. The van der Waals surface area contributed by atoms with E-state index in [1.54, 1.807) is 21.2 Å². The van der Waals surface area contributed by atoms with Crippen LogP contribution in [0.2, 0.25) is 0 Å². The molecule has 44 heavy (non-hydrogen) atoms. The van der Waals surface area contributed by atoms with Crippen LogP contribution in [0.5, 0.6) is 11.5 Å². The molecular formula is C33H39BN4O6. The molecule has 1 aromatic heterocycles. The average molecular weight is 599 g/mol. The molecular weight excluding hydrogens is 559 g/mol. The van der Waals surface area contributed by atoms with E-state index >= 15 is 0 Å². The van der Waals surface area contributed by atoms with Crippen LogP contribution in [-0.2, 0) is 14.4 Å². The first-order chi connectivity index (χ1) is 20.9. The lowest BCUT2D eigenvalue weighted by Crippen LogP contribution is -2.58. The second kappa shape index (κ2) is 12.0. The SMILES string of the molecule is BN[C@H](C(=O)N1C[C@H](Oc2cc(-c3ccccc3)nc3cc(OC)ccc23)C[C@H]1C(=O)N[C@]1(C(=O)O)CC1C=C)C(C)(C)C. The molecule has 3 N–H and O–H groups in total. The van der Waals surface area contributed by atoms with Crippen molar-refractivity contribution in [3.8, 4) is 22.8 Å². The van der Waals surface area contributed by atoms with E-state index in [9.17, 15) is 19.5 Å². The van der Waals surface area contributed by atoms with E-state index in [-0.39, 0.29) is 31.2 Å². The number of carbonyl (C=O) groups excluding carboxylic acids is 2. The van der Waals surface area contributed by atoms with Crippen LogP contribution in [0.25, 0.3) is 22.2 Å². The summed E-state index contributed by atoms with van der Waals surface area (Å²) in [5.74, 6) is -1.05. The number of likely N-dealkylation sites (tertiary alicyclic amines) is 1. The van der Waals surface area contributed by atoms with Gasteiger partial charge in [0.05, 0.1) is 30.9 Å². The molecule has 1 saturated heterocycles. The number of carboxylic acid groups (broad SMARTS) is 1. The number of pyridine rings is 1. The Morgan fingerprint density at radius 3 is 2.50 bits per heavy atom. The molecule has 0 spiro atoms. The number of aromatic nitrogens is 1. The van der Waals surface area contributed by atoms with Gasteiger partial charge >= 0.3 is 5.97 Å². The Bertz CT molecular complexity index is 1590. The molecule has 3 aromatic rings. The number of amides is 2. The molecule has 1 aliphatic carbocycles. The largest absolute Gasteiger partial charge is 0.497 e. The van der Waals surface area contributed by atoms with Crippen LogP contribution in [0.15, 0.2) is 67.3 Å². The van der Waals surface area contributed by atoms with Gasteiger partial charge in [0.1, 0.15) is 29.2 Å². The highest BCUT2D eigenvalue weighted by Crippen LogP contribution is 2.45. The van der Waals surface area contributed by atoms with Crippen molar-refractivity contribution in [3.05, 3.63) is 67.3 Å². The van der Waals surface area contributed by atoms with Crippen molar-refractivity contribution in [2.75, 3.05) is 13.7 Å². The summed E-state index contributed by atoms with van der Waals surface area (Å²) in [6.45, 7) is 9.71. The molecule has 0 radical (unpaired) electrons. The highest BCUT2D eigenvalue weighted by molar-refractivity contribution is 6.07. The predicted molar refractivity (Wildman–Crippen MR) is 170 cm³/mol. The highest BCUT2D eigenvalue weighted by Gasteiger charge is 2.61. The fourth-order valence-corrected chi connectivity index (χ4v) is 6.12. The van der Waals surface area contributed by atoms with Crippen LogP contribution in [0.4, 0.5) is 0 Å². The summed E-state index contributed by atoms with van der Waals surface area (Å²) >= 11 is 0. The maximum atomic E-state index is 14.0. The van der Waals surface area contributed by atoms with Crippen LogP contribution < -0.4 is 20.0 Å². The van der Waals surface area contributed by atoms with E-state index in [1.165, 1.54) is 4.90 Å². The summed E-state index contributed by atoms with van der Waals surface area (Å²) in [5, 5.41) is 16.5. The van der Waals surface area contributed by atoms with E-state index in [0.717, 1.165) is 10.9 Å². The summed E-state index contributed by atoms with van der Waals surface area (Å²) in [6.07, 6.45) is 1.45. The lowest BCUT2D eigenvalue weighted by Gasteiger charge is -2.35. The highest BCUT2D eigenvalue weighted by atomic mass is 16.5. The van der Waals surface area contributed by atoms with Crippen LogP contribution >= 0.6 is 0 Å². The molecule has 1 aliphatic heterocycles. The number of methoxy groups -OCH3 is 1. The monoisotopic (exact) mass is 598 g/mol. The molecule has 10 nitrogen and oxygen atoms in total. The second-order valence-corrected chi connectivity index (χ2v) is 12.6. The van der Waals surface area contributed by atoms with Gasteiger partial charge < -0.3 is 30.0 Å². The van der Waals surface area contributed by atoms with Crippen molar-refractivity contribution in [1.82, 2.24) is 20.4 Å². The molecule has 2 aromatic carbocycles. The number of benzene rings is 2. The summed E-state index contributed by atoms with van der Waals surface area (Å²) in [4.78, 5) is 46.2. The molecule has 11 heteroatoms. The molecule has 0 bridgehead atoms. The smallest absolute Gasteiger partial charge is 0.330 e. The molecule has 2 heterocycles. The topological polar surface area (TPSA) is 130 Å². The van der Waals surface area contributed by atoms with Crippen LogP contribution in [0.1, 0.15) is 33.6 Å². The van der Waals surface area contributed by atoms with Crippen molar-refractivity contribution in [2.24, 2.45) is 11.3 Å². The van der Waals surface area contributed by atoms with Gasteiger partial charge in [-0.25, -0.2) is 9.78 Å². The number of hydrogen-bond donors (Lipinski definition) is 3. The normalized spacial score (nSPS) is 23.5. The Kier molecular flexibility index (Phi) is 8.44. The van der Waals surface area contributed by atoms with Crippen molar-refractivity contribution >= 4 is 36.7 Å². The maximum Gasteiger partial charge on any atom is 0.330 e. The van der Waals surface area contributed by atoms with Gasteiger partial charge in [0.15, 0.2) is 7.98 Å². The summed E-state index contributed by atoms with van der Waals surface area (Å²) < 4.78 is 12.0. The Labute approximate surface area is 258 Å². The Morgan fingerprint density at radius 1 is 1.18 bits per heavy atom. The number of nitrogens with zero attached hydrogens (tertiary/aromatic N) is 2. The zero-order valence-corrected chi connectivity index (χ0v) is 25.8. The van der Waals surface area contributed by atoms with E-state index in [0.29, 0.717) is 22.7 Å². The van der Waals surface area contributed by atoms with Gasteiger partial charge in [-0.2, -0.15) is 0 Å². The molecule has 5 rings (SSSR count). The molecule has 1 saturated carbocycles. The third-order valence-corrected chi connectivity index (χ3v) is 8.62.